The van der Waals surface area contributed by atoms with Crippen molar-refractivity contribution in [3.8, 4) is 0 Å². The van der Waals surface area contributed by atoms with Crippen molar-refractivity contribution in [2.24, 2.45) is 0 Å². The fourth-order valence-electron chi connectivity index (χ4n) is 1.48. The average molecular weight is 320 g/mol. The van der Waals surface area contributed by atoms with E-state index in [2.05, 4.69) is 21.3 Å². The summed E-state index contributed by atoms with van der Waals surface area (Å²) in [5.41, 5.74) is 3.16. The molecule has 0 spiro atoms. The van der Waals surface area contributed by atoms with Gasteiger partial charge in [0, 0.05) is 0 Å². The van der Waals surface area contributed by atoms with Gasteiger partial charge in [-0.2, -0.15) is 11.3 Å². The summed E-state index contributed by atoms with van der Waals surface area (Å²) >= 11 is 11.2. The van der Waals surface area contributed by atoms with Crippen molar-refractivity contribution in [2.45, 2.75) is 12.3 Å². The standard InChI is InChI=1S/C12H9BrClFS/c1-7-5-16-6-9(7)12(14)8-2-3-11(15)10(13)4-8/h2-6,12H,1H3. The molecule has 0 saturated heterocycles. The third-order valence-corrected chi connectivity index (χ3v) is 4.38. The Bertz CT molecular complexity index is 509. The maximum absolute atomic E-state index is 13.1. The lowest BCUT2D eigenvalue weighted by atomic mass is 10.0. The molecular formula is C12H9BrClFS. The van der Waals surface area contributed by atoms with Crippen LogP contribution in [0.1, 0.15) is 22.1 Å². The quantitative estimate of drug-likeness (QED) is 0.660. The molecule has 1 heterocycles. The minimum Gasteiger partial charge on any atom is -0.206 e. The summed E-state index contributed by atoms with van der Waals surface area (Å²) in [5.74, 6) is -0.269. The molecule has 4 heteroatoms. The normalized spacial score (nSPS) is 12.8. The molecule has 0 N–H and O–H groups in total. The minimum absolute atomic E-state index is 0.219. The summed E-state index contributed by atoms with van der Waals surface area (Å²) in [4.78, 5) is 0. The molecule has 1 unspecified atom stereocenters. The molecule has 2 rings (SSSR count). The molecule has 2 aromatic rings. The molecule has 1 atom stereocenters. The topological polar surface area (TPSA) is 0 Å². The molecule has 0 saturated carbocycles. The number of alkyl halides is 1. The van der Waals surface area contributed by atoms with Gasteiger partial charge < -0.3 is 0 Å². The van der Waals surface area contributed by atoms with Gasteiger partial charge >= 0.3 is 0 Å². The van der Waals surface area contributed by atoms with Gasteiger partial charge in [0.25, 0.3) is 0 Å². The van der Waals surface area contributed by atoms with Gasteiger partial charge in [0.1, 0.15) is 5.82 Å². The van der Waals surface area contributed by atoms with E-state index < -0.39 is 0 Å². The van der Waals surface area contributed by atoms with Crippen molar-refractivity contribution in [1.29, 1.82) is 0 Å². The molecule has 0 nitrogen and oxygen atoms in total. The molecule has 84 valence electrons. The van der Waals surface area contributed by atoms with E-state index in [1.54, 1.807) is 23.5 Å². The average Bonchev–Trinajstić information content (AvgIpc) is 2.67. The summed E-state index contributed by atoms with van der Waals surface area (Å²) in [6.45, 7) is 2.03. The number of hydrogen-bond donors (Lipinski definition) is 0. The molecule has 1 aromatic carbocycles. The number of benzene rings is 1. The summed E-state index contributed by atoms with van der Waals surface area (Å²) in [6.07, 6.45) is 0. The number of aryl methyl sites for hydroxylation is 1. The number of hydrogen-bond acceptors (Lipinski definition) is 1. The van der Waals surface area contributed by atoms with Crippen LogP contribution >= 0.6 is 38.9 Å². The number of rotatable bonds is 2. The van der Waals surface area contributed by atoms with Crippen molar-refractivity contribution >= 4 is 38.9 Å². The lowest BCUT2D eigenvalue weighted by Crippen LogP contribution is -1.94. The molecule has 16 heavy (non-hydrogen) atoms. The molecule has 0 fully saturated rings. The lowest BCUT2D eigenvalue weighted by molar-refractivity contribution is 0.620. The Hall–Kier alpha value is -0.380. The second kappa shape index (κ2) is 4.86. The van der Waals surface area contributed by atoms with E-state index in [0.717, 1.165) is 11.1 Å². The lowest BCUT2D eigenvalue weighted by Gasteiger charge is -2.10. The van der Waals surface area contributed by atoms with Crippen LogP contribution < -0.4 is 0 Å². The van der Waals surface area contributed by atoms with E-state index >= 15 is 0 Å². The predicted octanol–water partition coefficient (Wildman–Crippen LogP) is 5.29. The van der Waals surface area contributed by atoms with Gasteiger partial charge in [-0.1, -0.05) is 6.07 Å². The van der Waals surface area contributed by atoms with Crippen LogP contribution in [0.5, 0.6) is 0 Å². The van der Waals surface area contributed by atoms with Crippen LogP contribution in [0.2, 0.25) is 0 Å². The highest BCUT2D eigenvalue weighted by molar-refractivity contribution is 9.10. The van der Waals surface area contributed by atoms with Crippen LogP contribution in [0.15, 0.2) is 33.4 Å². The number of thiophene rings is 1. The highest BCUT2D eigenvalue weighted by Gasteiger charge is 2.15. The third kappa shape index (κ3) is 2.31. The fourth-order valence-corrected chi connectivity index (χ4v) is 3.20. The Balaban J connectivity index is 2.38. The van der Waals surface area contributed by atoms with Gasteiger partial charge in [0.05, 0.1) is 9.85 Å². The zero-order valence-electron chi connectivity index (χ0n) is 8.51. The van der Waals surface area contributed by atoms with Crippen LogP contribution in [0.25, 0.3) is 0 Å². The second-order valence-electron chi connectivity index (χ2n) is 3.55. The van der Waals surface area contributed by atoms with Gasteiger partial charge in [0.2, 0.25) is 0 Å². The Kier molecular flexibility index (Phi) is 3.67. The van der Waals surface area contributed by atoms with Crippen molar-refractivity contribution in [3.05, 3.63) is 55.9 Å². The van der Waals surface area contributed by atoms with Crippen LogP contribution in [0, 0.1) is 12.7 Å². The predicted molar refractivity (Wildman–Crippen MR) is 70.9 cm³/mol. The van der Waals surface area contributed by atoms with Crippen molar-refractivity contribution in [1.82, 2.24) is 0 Å². The molecule has 0 radical (unpaired) electrons. The van der Waals surface area contributed by atoms with Gasteiger partial charge in [-0.3, -0.25) is 0 Å². The molecule has 0 aliphatic rings. The van der Waals surface area contributed by atoms with E-state index in [1.807, 2.05) is 12.3 Å². The number of halogens is 3. The molecule has 1 aromatic heterocycles. The summed E-state index contributed by atoms with van der Waals surface area (Å²) in [5, 5.41) is 3.87. The minimum atomic E-state index is -0.269. The van der Waals surface area contributed by atoms with E-state index in [-0.39, 0.29) is 11.2 Å². The molecule has 0 aliphatic heterocycles. The zero-order valence-corrected chi connectivity index (χ0v) is 11.7. The van der Waals surface area contributed by atoms with Gasteiger partial charge in [0.15, 0.2) is 0 Å². The molecule has 0 bridgehead atoms. The van der Waals surface area contributed by atoms with Crippen LogP contribution in [-0.2, 0) is 0 Å². The second-order valence-corrected chi connectivity index (χ2v) is 5.58. The SMILES string of the molecule is Cc1cscc1C(Cl)c1ccc(F)c(Br)c1. The van der Waals surface area contributed by atoms with Gasteiger partial charge in [-0.15, -0.1) is 11.6 Å². The maximum atomic E-state index is 13.1. The highest BCUT2D eigenvalue weighted by Crippen LogP contribution is 2.34. The Labute approximate surface area is 111 Å². The third-order valence-electron chi connectivity index (χ3n) is 2.40. The Morgan fingerprint density at radius 1 is 1.38 bits per heavy atom. The van der Waals surface area contributed by atoms with Crippen molar-refractivity contribution < 1.29 is 4.39 Å². The van der Waals surface area contributed by atoms with E-state index in [1.165, 1.54) is 11.6 Å². The van der Waals surface area contributed by atoms with Crippen LogP contribution in [-0.4, -0.2) is 0 Å². The summed E-state index contributed by atoms with van der Waals surface area (Å²) in [7, 11) is 0. The first-order valence-electron chi connectivity index (χ1n) is 4.71. The van der Waals surface area contributed by atoms with Gasteiger partial charge in [-0.25, -0.2) is 4.39 Å². The Morgan fingerprint density at radius 2 is 2.12 bits per heavy atom. The van der Waals surface area contributed by atoms with E-state index in [0.29, 0.717) is 4.47 Å². The van der Waals surface area contributed by atoms with Gasteiger partial charge in [-0.05, 0) is 62.4 Å². The Morgan fingerprint density at radius 3 is 2.69 bits per heavy atom. The largest absolute Gasteiger partial charge is 0.206 e. The zero-order chi connectivity index (χ0) is 11.7. The van der Waals surface area contributed by atoms with Crippen LogP contribution in [0.4, 0.5) is 4.39 Å². The highest BCUT2D eigenvalue weighted by atomic mass is 79.9. The molecule has 0 aliphatic carbocycles. The van der Waals surface area contributed by atoms with E-state index in [9.17, 15) is 4.39 Å². The first-order valence-corrected chi connectivity index (χ1v) is 6.88. The van der Waals surface area contributed by atoms with Crippen molar-refractivity contribution in [2.75, 3.05) is 0 Å². The monoisotopic (exact) mass is 318 g/mol. The molecular weight excluding hydrogens is 311 g/mol. The summed E-state index contributed by atoms with van der Waals surface area (Å²) in [6, 6.07) is 4.87. The fraction of sp³-hybridized carbons (Fsp3) is 0.167. The first kappa shape index (κ1) is 12.1. The first-order chi connectivity index (χ1) is 7.59. The smallest absolute Gasteiger partial charge is 0.137 e. The van der Waals surface area contributed by atoms with Crippen molar-refractivity contribution in [3.63, 3.8) is 0 Å². The molecule has 0 amide bonds. The van der Waals surface area contributed by atoms with Crippen LogP contribution in [0.3, 0.4) is 0 Å². The maximum Gasteiger partial charge on any atom is 0.137 e. The van der Waals surface area contributed by atoms with E-state index in [4.69, 9.17) is 11.6 Å². The summed E-state index contributed by atoms with van der Waals surface area (Å²) < 4.78 is 13.5.